The normalized spacial score (nSPS) is 10.7. The van der Waals surface area contributed by atoms with Crippen molar-refractivity contribution in [3.8, 4) is 17.1 Å². The van der Waals surface area contributed by atoms with Gasteiger partial charge in [-0.3, -0.25) is 10.1 Å². The Morgan fingerprint density at radius 2 is 2.04 bits per heavy atom. The first-order valence-corrected chi connectivity index (χ1v) is 8.11. The number of anilines is 1. The summed E-state index contributed by atoms with van der Waals surface area (Å²) in [5.41, 5.74) is 2.25. The second kappa shape index (κ2) is 7.08. The highest BCUT2D eigenvalue weighted by Crippen LogP contribution is 2.23. The molecule has 0 bridgehead atoms. The van der Waals surface area contributed by atoms with Gasteiger partial charge in [-0.1, -0.05) is 29.4 Å². The number of nitro benzene ring substituents is 1. The lowest BCUT2D eigenvalue weighted by molar-refractivity contribution is -0.384. The first kappa shape index (κ1) is 16.5. The first-order chi connectivity index (χ1) is 13.2. The molecule has 4 rings (SSSR count). The van der Waals surface area contributed by atoms with Crippen molar-refractivity contribution in [3.63, 3.8) is 0 Å². The van der Waals surface area contributed by atoms with Crippen molar-refractivity contribution in [2.24, 2.45) is 0 Å². The molecule has 1 N–H and O–H groups in total. The van der Waals surface area contributed by atoms with E-state index in [0.717, 1.165) is 11.4 Å². The summed E-state index contributed by atoms with van der Waals surface area (Å²) in [5, 5.41) is 22.3. The molecule has 0 aliphatic carbocycles. The lowest BCUT2D eigenvalue weighted by atomic mass is 10.2. The van der Waals surface area contributed by atoms with Gasteiger partial charge in [0.25, 0.3) is 5.69 Å². The largest absolute Gasteiger partial charge is 0.374 e. The van der Waals surface area contributed by atoms with Crippen molar-refractivity contribution >= 4 is 11.4 Å². The minimum Gasteiger partial charge on any atom is -0.374 e. The van der Waals surface area contributed by atoms with Crippen LogP contribution in [0.25, 0.3) is 17.1 Å². The molecular formula is C18H14N6O3. The van der Waals surface area contributed by atoms with Gasteiger partial charge in [0.15, 0.2) is 0 Å². The van der Waals surface area contributed by atoms with E-state index in [1.165, 1.54) is 12.1 Å². The number of benzene rings is 2. The van der Waals surface area contributed by atoms with Gasteiger partial charge in [-0.15, -0.1) is 0 Å². The number of para-hydroxylation sites is 2. The fraction of sp³-hybridized carbons (Fsp3) is 0.0556. The van der Waals surface area contributed by atoms with Gasteiger partial charge < -0.3 is 9.84 Å². The van der Waals surface area contributed by atoms with E-state index >= 15 is 0 Å². The average Bonchev–Trinajstić information content (AvgIpc) is 3.39. The number of nitrogens with one attached hydrogen (secondary N) is 1. The van der Waals surface area contributed by atoms with Crippen molar-refractivity contribution in [2.75, 3.05) is 5.32 Å². The Labute approximate surface area is 153 Å². The summed E-state index contributed by atoms with van der Waals surface area (Å²) in [6.45, 7) is 0.306. The van der Waals surface area contributed by atoms with E-state index < -0.39 is 4.92 Å². The summed E-state index contributed by atoms with van der Waals surface area (Å²) in [6.07, 6.45) is 3.56. The Morgan fingerprint density at radius 3 is 2.85 bits per heavy atom. The summed E-state index contributed by atoms with van der Waals surface area (Å²) in [6, 6.07) is 15.7. The third kappa shape index (κ3) is 3.52. The molecule has 0 unspecified atom stereocenters. The maximum Gasteiger partial charge on any atom is 0.270 e. The topological polar surface area (TPSA) is 112 Å². The smallest absolute Gasteiger partial charge is 0.270 e. The van der Waals surface area contributed by atoms with Gasteiger partial charge in [-0.05, 0) is 18.2 Å². The van der Waals surface area contributed by atoms with Gasteiger partial charge in [-0.25, -0.2) is 4.68 Å². The molecule has 0 radical (unpaired) electrons. The summed E-state index contributed by atoms with van der Waals surface area (Å²) in [4.78, 5) is 14.7. The Kier molecular flexibility index (Phi) is 4.32. The molecule has 27 heavy (non-hydrogen) atoms. The average molecular weight is 362 g/mol. The summed E-state index contributed by atoms with van der Waals surface area (Å²) < 4.78 is 7.01. The molecular weight excluding hydrogens is 348 g/mol. The standard InChI is InChI=1S/C18H14N6O3/c25-24(26)14-6-3-5-13(11-14)18-21-17(27-22-18)12-19-15-7-1-2-8-16(15)23-10-4-9-20-23/h1-11,19H,12H2. The molecule has 0 saturated heterocycles. The summed E-state index contributed by atoms with van der Waals surface area (Å²) in [5.74, 6) is 0.669. The van der Waals surface area contributed by atoms with Crippen LogP contribution < -0.4 is 5.32 Å². The molecule has 2 aromatic carbocycles. The predicted molar refractivity (Wildman–Crippen MR) is 97.3 cm³/mol. The van der Waals surface area contributed by atoms with Gasteiger partial charge in [0, 0.05) is 30.1 Å². The molecule has 2 heterocycles. The van der Waals surface area contributed by atoms with Crippen LogP contribution in [0.3, 0.4) is 0 Å². The highest BCUT2D eigenvalue weighted by molar-refractivity contribution is 5.61. The lowest BCUT2D eigenvalue weighted by Crippen LogP contribution is -2.05. The summed E-state index contributed by atoms with van der Waals surface area (Å²) in [7, 11) is 0. The molecule has 0 aliphatic rings. The van der Waals surface area contributed by atoms with E-state index in [1.807, 2.05) is 36.5 Å². The van der Waals surface area contributed by atoms with E-state index in [1.54, 1.807) is 23.0 Å². The number of hydrogen-bond acceptors (Lipinski definition) is 7. The quantitative estimate of drug-likeness (QED) is 0.413. The van der Waals surface area contributed by atoms with Crippen molar-refractivity contribution in [3.05, 3.63) is 83.0 Å². The number of nitrogens with zero attached hydrogens (tertiary/aromatic N) is 5. The minimum absolute atomic E-state index is 0.0230. The van der Waals surface area contributed by atoms with Crippen LogP contribution in [-0.2, 0) is 6.54 Å². The predicted octanol–water partition coefficient (Wildman–Crippen LogP) is 3.44. The molecule has 9 nitrogen and oxygen atoms in total. The fourth-order valence-electron chi connectivity index (χ4n) is 2.61. The minimum atomic E-state index is -0.460. The number of nitro groups is 1. The zero-order valence-corrected chi connectivity index (χ0v) is 14.0. The molecule has 4 aromatic rings. The number of hydrogen-bond donors (Lipinski definition) is 1. The maximum atomic E-state index is 10.9. The second-order valence-corrected chi connectivity index (χ2v) is 5.64. The molecule has 0 atom stereocenters. The van der Waals surface area contributed by atoms with Crippen LogP contribution in [0.4, 0.5) is 11.4 Å². The van der Waals surface area contributed by atoms with Crippen LogP contribution in [0, 0.1) is 10.1 Å². The number of non-ortho nitro benzene ring substituents is 1. The molecule has 0 spiro atoms. The summed E-state index contributed by atoms with van der Waals surface area (Å²) >= 11 is 0. The molecule has 0 aliphatic heterocycles. The van der Waals surface area contributed by atoms with Gasteiger partial charge >= 0.3 is 0 Å². The fourth-order valence-corrected chi connectivity index (χ4v) is 2.61. The number of aromatic nitrogens is 4. The number of rotatable bonds is 6. The zero-order valence-electron chi connectivity index (χ0n) is 14.0. The van der Waals surface area contributed by atoms with Crippen LogP contribution in [0.2, 0.25) is 0 Å². The SMILES string of the molecule is O=[N+]([O-])c1cccc(-c2noc(CNc3ccccc3-n3cccn3)n2)c1. The Bertz CT molecular complexity index is 1070. The van der Waals surface area contributed by atoms with E-state index in [9.17, 15) is 10.1 Å². The molecule has 9 heteroatoms. The third-order valence-electron chi connectivity index (χ3n) is 3.87. The Hall–Kier alpha value is -4.01. The van der Waals surface area contributed by atoms with Crippen LogP contribution in [-0.4, -0.2) is 24.8 Å². The van der Waals surface area contributed by atoms with Gasteiger partial charge in [0.2, 0.25) is 11.7 Å². The molecule has 0 saturated carbocycles. The lowest BCUT2D eigenvalue weighted by Gasteiger charge is -2.10. The van der Waals surface area contributed by atoms with Crippen molar-refractivity contribution in [1.29, 1.82) is 0 Å². The molecule has 0 fully saturated rings. The van der Waals surface area contributed by atoms with Crippen LogP contribution in [0.15, 0.2) is 71.5 Å². The van der Waals surface area contributed by atoms with Crippen LogP contribution in [0.1, 0.15) is 5.89 Å². The van der Waals surface area contributed by atoms with E-state index in [0.29, 0.717) is 23.8 Å². The third-order valence-corrected chi connectivity index (χ3v) is 3.87. The van der Waals surface area contributed by atoms with Crippen molar-refractivity contribution in [2.45, 2.75) is 6.54 Å². The zero-order chi connectivity index (χ0) is 18.6. The van der Waals surface area contributed by atoms with Crippen molar-refractivity contribution in [1.82, 2.24) is 19.9 Å². The monoisotopic (exact) mass is 362 g/mol. The van der Waals surface area contributed by atoms with Gasteiger partial charge in [0.1, 0.15) is 0 Å². The maximum absolute atomic E-state index is 10.9. The van der Waals surface area contributed by atoms with Gasteiger partial charge in [0.05, 0.1) is 22.8 Å². The van der Waals surface area contributed by atoms with E-state index in [-0.39, 0.29) is 5.69 Å². The van der Waals surface area contributed by atoms with Gasteiger partial charge in [-0.2, -0.15) is 10.1 Å². The molecule has 134 valence electrons. The van der Waals surface area contributed by atoms with E-state index in [4.69, 9.17) is 4.52 Å². The van der Waals surface area contributed by atoms with E-state index in [2.05, 4.69) is 20.6 Å². The highest BCUT2D eigenvalue weighted by Gasteiger charge is 2.13. The highest BCUT2D eigenvalue weighted by atomic mass is 16.6. The molecule has 0 amide bonds. The Morgan fingerprint density at radius 1 is 1.15 bits per heavy atom. The first-order valence-electron chi connectivity index (χ1n) is 8.11. The van der Waals surface area contributed by atoms with Crippen molar-refractivity contribution < 1.29 is 9.45 Å². The Balaban J connectivity index is 1.51. The van der Waals surface area contributed by atoms with Crippen LogP contribution in [0.5, 0.6) is 0 Å². The molecule has 2 aromatic heterocycles. The second-order valence-electron chi connectivity index (χ2n) is 5.64. The van der Waals surface area contributed by atoms with Crippen LogP contribution >= 0.6 is 0 Å².